The zero-order valence-corrected chi connectivity index (χ0v) is 10.2. The van der Waals surface area contributed by atoms with Crippen LogP contribution in [-0.2, 0) is 4.74 Å². The van der Waals surface area contributed by atoms with Gasteiger partial charge in [-0.2, -0.15) is 0 Å². The Morgan fingerprint density at radius 3 is 2.88 bits per heavy atom. The lowest BCUT2D eigenvalue weighted by atomic mass is 10.2. The minimum Gasteiger partial charge on any atom is -0.376 e. The molecule has 0 aromatic heterocycles. The molecule has 1 aliphatic rings. The van der Waals surface area contributed by atoms with Crippen molar-refractivity contribution in [3.8, 4) is 0 Å². The van der Waals surface area contributed by atoms with Crippen molar-refractivity contribution in [2.45, 2.75) is 18.9 Å². The van der Waals surface area contributed by atoms with Crippen LogP contribution in [0.25, 0.3) is 0 Å². The molecule has 0 amide bonds. The fourth-order valence-corrected chi connectivity index (χ4v) is 1.91. The van der Waals surface area contributed by atoms with E-state index in [4.69, 9.17) is 10.5 Å². The molecule has 1 heterocycles. The zero-order valence-electron chi connectivity index (χ0n) is 10.2. The van der Waals surface area contributed by atoms with Gasteiger partial charge in [-0.25, -0.2) is 4.99 Å². The Bertz CT molecular complexity index is 372. The normalized spacial score (nSPS) is 20.5. The minimum atomic E-state index is 0.296. The predicted molar refractivity (Wildman–Crippen MR) is 69.3 cm³/mol. The number of likely N-dealkylation sites (N-methyl/N-ethyl adjacent to an activating group) is 1. The Morgan fingerprint density at radius 2 is 2.24 bits per heavy atom. The van der Waals surface area contributed by atoms with Crippen molar-refractivity contribution in [1.29, 1.82) is 0 Å². The van der Waals surface area contributed by atoms with E-state index < -0.39 is 0 Å². The molecule has 1 aliphatic heterocycles. The number of guanidine groups is 1. The summed E-state index contributed by atoms with van der Waals surface area (Å²) in [5.41, 5.74) is 6.83. The molecule has 17 heavy (non-hydrogen) atoms. The molecule has 0 spiro atoms. The third kappa shape index (κ3) is 3.46. The van der Waals surface area contributed by atoms with E-state index in [0.717, 1.165) is 31.7 Å². The Hall–Kier alpha value is -1.55. The second kappa shape index (κ2) is 5.68. The second-order valence-electron chi connectivity index (χ2n) is 4.32. The first-order chi connectivity index (χ1) is 8.25. The standard InChI is InChI=1S/C13H19N3O/c1-16(10-12-8-5-9-17-12)13(14)15-11-6-3-2-4-7-11/h2-4,6-7,12H,5,8-10H2,1H3,(H2,14,15). The van der Waals surface area contributed by atoms with Crippen LogP contribution in [0.3, 0.4) is 0 Å². The number of ether oxygens (including phenoxy) is 1. The summed E-state index contributed by atoms with van der Waals surface area (Å²) in [6.45, 7) is 1.68. The van der Waals surface area contributed by atoms with Gasteiger partial charge in [-0.1, -0.05) is 18.2 Å². The zero-order chi connectivity index (χ0) is 12.1. The number of nitrogens with zero attached hydrogens (tertiary/aromatic N) is 2. The van der Waals surface area contributed by atoms with Gasteiger partial charge in [-0.15, -0.1) is 0 Å². The summed E-state index contributed by atoms with van der Waals surface area (Å²) >= 11 is 0. The van der Waals surface area contributed by atoms with Gasteiger partial charge in [0.15, 0.2) is 5.96 Å². The van der Waals surface area contributed by atoms with Gasteiger partial charge in [0.25, 0.3) is 0 Å². The number of aliphatic imine (C=N–C) groups is 1. The summed E-state index contributed by atoms with van der Waals surface area (Å²) in [6.07, 6.45) is 2.56. The fourth-order valence-electron chi connectivity index (χ4n) is 1.91. The van der Waals surface area contributed by atoms with Crippen molar-refractivity contribution in [3.05, 3.63) is 30.3 Å². The number of benzene rings is 1. The van der Waals surface area contributed by atoms with Crippen molar-refractivity contribution in [3.63, 3.8) is 0 Å². The topological polar surface area (TPSA) is 50.9 Å². The molecule has 1 atom stereocenters. The van der Waals surface area contributed by atoms with E-state index in [2.05, 4.69) is 4.99 Å². The van der Waals surface area contributed by atoms with Gasteiger partial charge >= 0.3 is 0 Å². The summed E-state index contributed by atoms with van der Waals surface area (Å²) in [4.78, 5) is 6.31. The second-order valence-corrected chi connectivity index (χ2v) is 4.32. The van der Waals surface area contributed by atoms with Crippen molar-refractivity contribution >= 4 is 11.6 Å². The summed E-state index contributed by atoms with van der Waals surface area (Å²) in [5.74, 6) is 0.534. The summed E-state index contributed by atoms with van der Waals surface area (Å²) in [6, 6.07) is 9.74. The molecular formula is C13H19N3O. The van der Waals surface area contributed by atoms with Gasteiger partial charge in [0.05, 0.1) is 11.8 Å². The molecular weight excluding hydrogens is 214 g/mol. The van der Waals surface area contributed by atoms with Crippen LogP contribution in [0.5, 0.6) is 0 Å². The first kappa shape index (κ1) is 11.9. The Morgan fingerprint density at radius 1 is 1.47 bits per heavy atom. The first-order valence-corrected chi connectivity index (χ1v) is 5.97. The van der Waals surface area contributed by atoms with Gasteiger partial charge in [0.2, 0.25) is 0 Å². The molecule has 4 heteroatoms. The lowest BCUT2D eigenvalue weighted by molar-refractivity contribution is 0.0956. The number of para-hydroxylation sites is 1. The van der Waals surface area contributed by atoms with Crippen LogP contribution in [0.2, 0.25) is 0 Å². The number of rotatable bonds is 3. The van der Waals surface area contributed by atoms with Crippen LogP contribution < -0.4 is 5.73 Å². The quantitative estimate of drug-likeness (QED) is 0.639. The van der Waals surface area contributed by atoms with Crippen molar-refractivity contribution in [2.75, 3.05) is 20.2 Å². The van der Waals surface area contributed by atoms with Crippen LogP contribution in [0.1, 0.15) is 12.8 Å². The molecule has 1 aromatic carbocycles. The molecule has 0 saturated carbocycles. The smallest absolute Gasteiger partial charge is 0.196 e. The highest BCUT2D eigenvalue weighted by Crippen LogP contribution is 2.14. The molecule has 1 saturated heterocycles. The maximum atomic E-state index is 5.95. The van der Waals surface area contributed by atoms with E-state index in [0.29, 0.717) is 12.1 Å². The molecule has 0 radical (unpaired) electrons. The average molecular weight is 233 g/mol. The highest BCUT2D eigenvalue weighted by Gasteiger charge is 2.18. The molecule has 92 valence electrons. The fraction of sp³-hybridized carbons (Fsp3) is 0.462. The van der Waals surface area contributed by atoms with E-state index >= 15 is 0 Å². The summed E-state index contributed by atoms with van der Waals surface area (Å²) < 4.78 is 5.57. The Balaban J connectivity index is 1.94. The van der Waals surface area contributed by atoms with E-state index in [-0.39, 0.29) is 0 Å². The average Bonchev–Trinajstić information content (AvgIpc) is 2.83. The van der Waals surface area contributed by atoms with E-state index in [1.54, 1.807) is 0 Å². The van der Waals surface area contributed by atoms with E-state index in [1.165, 1.54) is 0 Å². The van der Waals surface area contributed by atoms with E-state index in [9.17, 15) is 0 Å². The molecule has 2 N–H and O–H groups in total. The highest BCUT2D eigenvalue weighted by molar-refractivity contribution is 5.80. The molecule has 4 nitrogen and oxygen atoms in total. The Labute approximate surface area is 102 Å². The molecule has 0 bridgehead atoms. The van der Waals surface area contributed by atoms with Gasteiger partial charge in [0.1, 0.15) is 0 Å². The first-order valence-electron chi connectivity index (χ1n) is 5.97. The van der Waals surface area contributed by atoms with Gasteiger partial charge in [-0.05, 0) is 25.0 Å². The van der Waals surface area contributed by atoms with Gasteiger partial charge in [-0.3, -0.25) is 0 Å². The van der Waals surface area contributed by atoms with Crippen molar-refractivity contribution in [2.24, 2.45) is 10.7 Å². The lowest BCUT2D eigenvalue weighted by Crippen LogP contribution is -2.38. The lowest BCUT2D eigenvalue weighted by Gasteiger charge is -2.21. The van der Waals surface area contributed by atoms with Crippen molar-refractivity contribution < 1.29 is 4.74 Å². The highest BCUT2D eigenvalue weighted by atomic mass is 16.5. The summed E-state index contributed by atoms with van der Waals surface area (Å²) in [5, 5.41) is 0. The number of hydrogen-bond acceptors (Lipinski definition) is 2. The molecule has 0 aliphatic carbocycles. The molecule has 2 rings (SSSR count). The van der Waals surface area contributed by atoms with Crippen LogP contribution >= 0.6 is 0 Å². The maximum absolute atomic E-state index is 5.95. The monoisotopic (exact) mass is 233 g/mol. The maximum Gasteiger partial charge on any atom is 0.196 e. The van der Waals surface area contributed by atoms with Crippen molar-refractivity contribution in [1.82, 2.24) is 4.90 Å². The molecule has 1 unspecified atom stereocenters. The van der Waals surface area contributed by atoms with E-state index in [1.807, 2.05) is 42.3 Å². The third-order valence-electron chi connectivity index (χ3n) is 2.89. The summed E-state index contributed by atoms with van der Waals surface area (Å²) in [7, 11) is 1.95. The van der Waals surface area contributed by atoms with Gasteiger partial charge < -0.3 is 15.4 Å². The van der Waals surface area contributed by atoms with Crippen LogP contribution in [0.4, 0.5) is 5.69 Å². The minimum absolute atomic E-state index is 0.296. The SMILES string of the molecule is CN(CC1CCCO1)C(N)=Nc1ccccc1. The molecule has 1 aromatic rings. The predicted octanol–water partition coefficient (Wildman–Crippen LogP) is 1.74. The Kier molecular flexibility index (Phi) is 3.98. The third-order valence-corrected chi connectivity index (χ3v) is 2.89. The number of nitrogens with two attached hydrogens (primary N) is 1. The van der Waals surface area contributed by atoms with Crippen LogP contribution in [0.15, 0.2) is 35.3 Å². The van der Waals surface area contributed by atoms with Crippen LogP contribution in [-0.4, -0.2) is 37.2 Å². The number of hydrogen-bond donors (Lipinski definition) is 1. The largest absolute Gasteiger partial charge is 0.376 e. The van der Waals surface area contributed by atoms with Crippen LogP contribution in [0, 0.1) is 0 Å². The van der Waals surface area contributed by atoms with Gasteiger partial charge in [0, 0.05) is 20.2 Å². The molecule has 1 fully saturated rings.